The molecule has 3 fully saturated rings. The highest BCUT2D eigenvalue weighted by Gasteiger charge is 2.66. The Morgan fingerprint density at radius 3 is 2.00 bits per heavy atom. The van der Waals surface area contributed by atoms with E-state index >= 15 is 0 Å². The molecule has 3 heteroatoms. The SMILES string of the molecule is O=C1OC(=O)[C@H]2[C@@H]3C=C[C@H]([C@H]4C[C@@H]34)[C@@H]12. The van der Waals surface area contributed by atoms with Crippen LogP contribution in [0, 0.1) is 35.5 Å². The molecule has 0 aromatic rings. The fourth-order valence-corrected chi connectivity index (χ4v) is 3.76. The highest BCUT2D eigenvalue weighted by atomic mass is 16.6. The van der Waals surface area contributed by atoms with Gasteiger partial charge in [0.2, 0.25) is 0 Å². The second kappa shape index (κ2) is 1.95. The third-order valence-electron chi connectivity index (χ3n) is 4.40. The molecule has 2 saturated carbocycles. The van der Waals surface area contributed by atoms with Crippen LogP contribution in [0.3, 0.4) is 0 Å². The predicted molar refractivity (Wildman–Crippen MR) is 45.8 cm³/mol. The molecule has 5 rings (SSSR count). The second-order valence-corrected chi connectivity index (χ2v) is 4.89. The summed E-state index contributed by atoms with van der Waals surface area (Å²) in [6.07, 6.45) is 5.48. The maximum atomic E-state index is 11.5. The van der Waals surface area contributed by atoms with Crippen LogP contribution in [-0.2, 0) is 14.3 Å². The van der Waals surface area contributed by atoms with Gasteiger partial charge in [-0.25, -0.2) is 0 Å². The van der Waals surface area contributed by atoms with E-state index in [0.717, 1.165) is 0 Å². The maximum absolute atomic E-state index is 11.5. The first-order valence-electron chi connectivity index (χ1n) is 5.21. The lowest BCUT2D eigenvalue weighted by atomic mass is 9.63. The highest BCUT2D eigenvalue weighted by molar-refractivity contribution is 5.97. The molecule has 14 heavy (non-hydrogen) atoms. The molecular formula is C11H10O3. The summed E-state index contributed by atoms with van der Waals surface area (Å²) in [5.41, 5.74) is 0. The van der Waals surface area contributed by atoms with Crippen molar-refractivity contribution in [2.24, 2.45) is 35.5 Å². The minimum Gasteiger partial charge on any atom is -0.393 e. The molecule has 0 unspecified atom stereocenters. The number of carbonyl (C=O) groups excluding carboxylic acids is 2. The Kier molecular flexibility index (Phi) is 1.00. The Bertz CT molecular complexity index is 350. The number of cyclic esters (lactones) is 2. The monoisotopic (exact) mass is 190 g/mol. The number of hydrogen-bond donors (Lipinski definition) is 0. The lowest BCUT2D eigenvalue weighted by molar-refractivity contribution is -0.154. The van der Waals surface area contributed by atoms with E-state index in [1.54, 1.807) is 0 Å². The summed E-state index contributed by atoms with van der Waals surface area (Å²) in [5.74, 6) is 1.12. The number of esters is 2. The van der Waals surface area contributed by atoms with Crippen molar-refractivity contribution in [1.82, 2.24) is 0 Å². The average molecular weight is 190 g/mol. The minimum absolute atomic E-state index is 0.138. The highest BCUT2D eigenvalue weighted by Crippen LogP contribution is 2.65. The Labute approximate surface area is 81.1 Å². The van der Waals surface area contributed by atoms with Gasteiger partial charge in [0.15, 0.2) is 0 Å². The second-order valence-electron chi connectivity index (χ2n) is 4.89. The van der Waals surface area contributed by atoms with E-state index < -0.39 is 0 Å². The zero-order chi connectivity index (χ0) is 9.45. The van der Waals surface area contributed by atoms with E-state index in [4.69, 9.17) is 4.74 Å². The first kappa shape index (κ1) is 7.21. The molecular weight excluding hydrogens is 180 g/mol. The lowest BCUT2D eigenvalue weighted by Gasteiger charge is -2.36. The molecule has 0 aromatic heterocycles. The molecule has 2 bridgehead atoms. The molecule has 1 saturated heterocycles. The standard InChI is InChI=1S/C11H10O3/c12-10-8-4-1-2-5(7-3-6(4)7)9(8)11(13)14-10/h1-2,4-9H,3H2/t4-,5-,6-,7+,8-,9+/m1/s1. The molecule has 0 spiro atoms. The first-order valence-corrected chi connectivity index (χ1v) is 5.21. The number of hydrogen-bond acceptors (Lipinski definition) is 3. The zero-order valence-electron chi connectivity index (χ0n) is 7.55. The van der Waals surface area contributed by atoms with Crippen LogP contribution in [0.5, 0.6) is 0 Å². The van der Waals surface area contributed by atoms with Crippen molar-refractivity contribution >= 4 is 11.9 Å². The smallest absolute Gasteiger partial charge is 0.318 e. The van der Waals surface area contributed by atoms with E-state index in [0.29, 0.717) is 23.7 Å². The Balaban J connectivity index is 1.88. The summed E-state index contributed by atoms with van der Waals surface area (Å²) in [6.45, 7) is 0. The van der Waals surface area contributed by atoms with E-state index in [1.807, 2.05) is 0 Å². The maximum Gasteiger partial charge on any atom is 0.318 e. The molecule has 0 N–H and O–H groups in total. The molecule has 4 aliphatic carbocycles. The van der Waals surface area contributed by atoms with Crippen LogP contribution < -0.4 is 0 Å². The molecule has 3 nitrogen and oxygen atoms in total. The van der Waals surface area contributed by atoms with Crippen molar-refractivity contribution in [3.63, 3.8) is 0 Å². The van der Waals surface area contributed by atoms with Gasteiger partial charge in [-0.1, -0.05) is 12.2 Å². The molecule has 1 heterocycles. The topological polar surface area (TPSA) is 43.4 Å². The van der Waals surface area contributed by atoms with Crippen molar-refractivity contribution in [3.8, 4) is 0 Å². The number of ether oxygens (including phenoxy) is 1. The van der Waals surface area contributed by atoms with E-state index in [2.05, 4.69) is 12.2 Å². The summed E-state index contributed by atoms with van der Waals surface area (Å²) in [5, 5.41) is 0. The van der Waals surface area contributed by atoms with Gasteiger partial charge < -0.3 is 4.74 Å². The minimum atomic E-state index is -0.273. The van der Waals surface area contributed by atoms with Crippen LogP contribution in [0.15, 0.2) is 12.2 Å². The predicted octanol–water partition coefficient (Wildman–Crippen LogP) is 0.754. The lowest BCUT2D eigenvalue weighted by Crippen LogP contribution is -2.40. The summed E-state index contributed by atoms with van der Waals surface area (Å²) < 4.78 is 4.74. The van der Waals surface area contributed by atoms with Gasteiger partial charge >= 0.3 is 11.9 Å². The molecule has 0 aromatic carbocycles. The number of allylic oxidation sites excluding steroid dienone is 2. The van der Waals surface area contributed by atoms with Gasteiger partial charge in [0.05, 0.1) is 11.8 Å². The first-order chi connectivity index (χ1) is 6.77. The third kappa shape index (κ3) is 0.606. The summed E-state index contributed by atoms with van der Waals surface area (Å²) >= 11 is 0. The van der Waals surface area contributed by atoms with Crippen LogP contribution in [0.1, 0.15) is 6.42 Å². The van der Waals surface area contributed by atoms with Gasteiger partial charge in [-0.15, -0.1) is 0 Å². The molecule has 5 aliphatic rings. The number of rotatable bonds is 0. The summed E-state index contributed by atoms with van der Waals surface area (Å²) in [6, 6.07) is 0. The summed E-state index contributed by atoms with van der Waals surface area (Å²) in [4.78, 5) is 23.0. The largest absolute Gasteiger partial charge is 0.393 e. The third-order valence-corrected chi connectivity index (χ3v) is 4.40. The number of carbonyl (C=O) groups is 2. The van der Waals surface area contributed by atoms with Crippen molar-refractivity contribution in [1.29, 1.82) is 0 Å². The summed E-state index contributed by atoms with van der Waals surface area (Å²) in [7, 11) is 0. The molecule has 0 amide bonds. The van der Waals surface area contributed by atoms with E-state index in [1.165, 1.54) is 6.42 Å². The van der Waals surface area contributed by atoms with Crippen LogP contribution in [0.2, 0.25) is 0 Å². The van der Waals surface area contributed by atoms with E-state index in [-0.39, 0.29) is 23.8 Å². The Hall–Kier alpha value is -1.12. The Morgan fingerprint density at radius 2 is 1.50 bits per heavy atom. The zero-order valence-corrected chi connectivity index (χ0v) is 7.55. The van der Waals surface area contributed by atoms with Crippen molar-refractivity contribution < 1.29 is 14.3 Å². The van der Waals surface area contributed by atoms with Crippen LogP contribution >= 0.6 is 0 Å². The van der Waals surface area contributed by atoms with Crippen molar-refractivity contribution in [2.45, 2.75) is 6.42 Å². The van der Waals surface area contributed by atoms with Crippen molar-refractivity contribution in [3.05, 3.63) is 12.2 Å². The molecule has 6 atom stereocenters. The van der Waals surface area contributed by atoms with Crippen LogP contribution in [0.25, 0.3) is 0 Å². The molecule has 1 aliphatic heterocycles. The fraction of sp³-hybridized carbons (Fsp3) is 0.636. The average Bonchev–Trinajstić information content (AvgIpc) is 2.92. The normalized spacial score (nSPS) is 56.9. The molecule has 72 valence electrons. The van der Waals surface area contributed by atoms with Gasteiger partial charge in [0.25, 0.3) is 0 Å². The van der Waals surface area contributed by atoms with Crippen molar-refractivity contribution in [2.75, 3.05) is 0 Å². The van der Waals surface area contributed by atoms with Gasteiger partial charge in [-0.05, 0) is 30.1 Å². The Morgan fingerprint density at radius 1 is 1.00 bits per heavy atom. The van der Waals surface area contributed by atoms with E-state index in [9.17, 15) is 9.59 Å². The van der Waals surface area contributed by atoms with Gasteiger partial charge in [-0.3, -0.25) is 9.59 Å². The molecule has 0 radical (unpaired) electrons. The van der Waals surface area contributed by atoms with Gasteiger partial charge in [-0.2, -0.15) is 0 Å². The van der Waals surface area contributed by atoms with Crippen LogP contribution in [0.4, 0.5) is 0 Å². The van der Waals surface area contributed by atoms with Gasteiger partial charge in [0.1, 0.15) is 0 Å². The quantitative estimate of drug-likeness (QED) is 0.321. The van der Waals surface area contributed by atoms with Gasteiger partial charge in [0, 0.05) is 0 Å². The fourth-order valence-electron chi connectivity index (χ4n) is 3.76. The van der Waals surface area contributed by atoms with Crippen LogP contribution in [-0.4, -0.2) is 11.9 Å².